The maximum absolute atomic E-state index is 11.6. The summed E-state index contributed by atoms with van der Waals surface area (Å²) in [7, 11) is 0. The topological polar surface area (TPSA) is 58.4 Å². The van der Waals surface area contributed by atoms with Crippen LogP contribution in [0.4, 0.5) is 0 Å². The van der Waals surface area contributed by atoms with Crippen molar-refractivity contribution in [3.63, 3.8) is 0 Å². The van der Waals surface area contributed by atoms with Crippen molar-refractivity contribution in [1.82, 2.24) is 10.2 Å². The standard InChI is InChI=1S/C10H21N3O/c1-4-13-8(5-6-11)9(14)12-7-10(13,2)3/h8H,4-7,11H2,1-3H3,(H,12,14). The summed E-state index contributed by atoms with van der Waals surface area (Å²) in [6.45, 7) is 8.57. The van der Waals surface area contributed by atoms with Crippen molar-refractivity contribution in [3.8, 4) is 0 Å². The SMILES string of the molecule is CCN1C(CCN)C(=O)NCC1(C)C. The van der Waals surface area contributed by atoms with E-state index < -0.39 is 0 Å². The summed E-state index contributed by atoms with van der Waals surface area (Å²) < 4.78 is 0. The Morgan fingerprint density at radius 2 is 2.29 bits per heavy atom. The molecule has 1 amide bonds. The molecule has 0 aromatic rings. The van der Waals surface area contributed by atoms with E-state index in [1.807, 2.05) is 0 Å². The zero-order valence-corrected chi connectivity index (χ0v) is 9.34. The number of piperazine rings is 1. The highest BCUT2D eigenvalue weighted by Crippen LogP contribution is 2.22. The molecule has 0 radical (unpaired) electrons. The van der Waals surface area contributed by atoms with Crippen molar-refractivity contribution < 1.29 is 4.79 Å². The maximum atomic E-state index is 11.6. The van der Waals surface area contributed by atoms with Crippen molar-refractivity contribution in [2.45, 2.75) is 38.8 Å². The molecule has 14 heavy (non-hydrogen) atoms. The van der Waals surface area contributed by atoms with Gasteiger partial charge in [0.05, 0.1) is 6.04 Å². The predicted octanol–water partition coefficient (Wildman–Crippen LogP) is -0.0659. The molecule has 3 N–H and O–H groups in total. The van der Waals surface area contributed by atoms with E-state index in [1.165, 1.54) is 0 Å². The second-order valence-corrected chi connectivity index (χ2v) is 4.41. The highest BCUT2D eigenvalue weighted by Gasteiger charge is 2.39. The van der Waals surface area contributed by atoms with Crippen LogP contribution in [0, 0.1) is 0 Å². The van der Waals surface area contributed by atoms with Crippen LogP contribution in [0.15, 0.2) is 0 Å². The molecule has 4 nitrogen and oxygen atoms in total. The molecule has 1 unspecified atom stereocenters. The highest BCUT2D eigenvalue weighted by atomic mass is 16.2. The fourth-order valence-corrected chi connectivity index (χ4v) is 2.18. The van der Waals surface area contributed by atoms with Crippen LogP contribution in [0.3, 0.4) is 0 Å². The summed E-state index contributed by atoms with van der Waals surface area (Å²) in [5.41, 5.74) is 5.56. The van der Waals surface area contributed by atoms with Crippen LogP contribution in [0.25, 0.3) is 0 Å². The van der Waals surface area contributed by atoms with Gasteiger partial charge in [0.1, 0.15) is 0 Å². The third kappa shape index (κ3) is 2.07. The second-order valence-electron chi connectivity index (χ2n) is 4.41. The van der Waals surface area contributed by atoms with Gasteiger partial charge in [-0.2, -0.15) is 0 Å². The number of hydrogen-bond donors (Lipinski definition) is 2. The van der Waals surface area contributed by atoms with Gasteiger partial charge in [-0.15, -0.1) is 0 Å². The van der Waals surface area contributed by atoms with Gasteiger partial charge in [-0.3, -0.25) is 9.69 Å². The van der Waals surface area contributed by atoms with Gasteiger partial charge in [0.2, 0.25) is 5.91 Å². The fraction of sp³-hybridized carbons (Fsp3) is 0.900. The van der Waals surface area contributed by atoms with Gasteiger partial charge < -0.3 is 11.1 Å². The van der Waals surface area contributed by atoms with Crippen LogP contribution in [0.2, 0.25) is 0 Å². The Morgan fingerprint density at radius 3 is 2.79 bits per heavy atom. The van der Waals surface area contributed by atoms with Crippen molar-refractivity contribution in [2.75, 3.05) is 19.6 Å². The summed E-state index contributed by atoms with van der Waals surface area (Å²) in [4.78, 5) is 13.9. The second kappa shape index (κ2) is 4.28. The Hall–Kier alpha value is -0.610. The normalized spacial score (nSPS) is 27.4. The van der Waals surface area contributed by atoms with E-state index in [9.17, 15) is 4.79 Å². The summed E-state index contributed by atoms with van der Waals surface area (Å²) in [6, 6.07) is -0.0475. The lowest BCUT2D eigenvalue weighted by atomic mass is 9.94. The molecule has 1 fully saturated rings. The first-order valence-corrected chi connectivity index (χ1v) is 5.27. The molecule has 0 bridgehead atoms. The highest BCUT2D eigenvalue weighted by molar-refractivity contribution is 5.82. The van der Waals surface area contributed by atoms with Gasteiger partial charge >= 0.3 is 0 Å². The van der Waals surface area contributed by atoms with E-state index in [-0.39, 0.29) is 17.5 Å². The van der Waals surface area contributed by atoms with Crippen LogP contribution in [-0.2, 0) is 4.79 Å². The molecule has 0 aromatic heterocycles. The lowest BCUT2D eigenvalue weighted by molar-refractivity contribution is -0.134. The molecular formula is C10H21N3O. The van der Waals surface area contributed by atoms with Crippen molar-refractivity contribution in [2.24, 2.45) is 5.73 Å². The van der Waals surface area contributed by atoms with Crippen molar-refractivity contribution in [3.05, 3.63) is 0 Å². The number of hydrogen-bond acceptors (Lipinski definition) is 3. The van der Waals surface area contributed by atoms with E-state index in [2.05, 4.69) is 31.0 Å². The van der Waals surface area contributed by atoms with Gasteiger partial charge in [0, 0.05) is 12.1 Å². The Morgan fingerprint density at radius 1 is 1.64 bits per heavy atom. The summed E-state index contributed by atoms with van der Waals surface area (Å²) in [6.07, 6.45) is 0.739. The Bertz CT molecular complexity index is 215. The van der Waals surface area contributed by atoms with Crippen LogP contribution >= 0.6 is 0 Å². The number of likely N-dealkylation sites (N-methyl/N-ethyl adjacent to an activating group) is 1. The third-order valence-corrected chi connectivity index (χ3v) is 2.93. The molecule has 1 saturated heterocycles. The molecule has 1 aliphatic rings. The minimum Gasteiger partial charge on any atom is -0.353 e. The molecule has 1 atom stereocenters. The molecule has 82 valence electrons. The molecule has 1 rings (SSSR count). The van der Waals surface area contributed by atoms with Crippen molar-refractivity contribution >= 4 is 5.91 Å². The number of nitrogens with one attached hydrogen (secondary N) is 1. The molecule has 4 heteroatoms. The smallest absolute Gasteiger partial charge is 0.237 e. The third-order valence-electron chi connectivity index (χ3n) is 2.93. The zero-order valence-electron chi connectivity index (χ0n) is 9.34. The van der Waals surface area contributed by atoms with Gasteiger partial charge in [0.25, 0.3) is 0 Å². The molecule has 0 aromatic carbocycles. The van der Waals surface area contributed by atoms with E-state index in [4.69, 9.17) is 5.73 Å². The Labute approximate surface area is 85.8 Å². The van der Waals surface area contributed by atoms with Crippen LogP contribution in [0.1, 0.15) is 27.2 Å². The molecule has 0 spiro atoms. The average molecular weight is 199 g/mol. The summed E-state index contributed by atoms with van der Waals surface area (Å²) in [5.74, 6) is 0.122. The molecule has 1 aliphatic heterocycles. The Balaban J connectivity index is 2.80. The molecule has 1 heterocycles. The predicted molar refractivity (Wildman–Crippen MR) is 56.9 cm³/mol. The summed E-state index contributed by atoms with van der Waals surface area (Å²) >= 11 is 0. The first-order valence-electron chi connectivity index (χ1n) is 5.27. The monoisotopic (exact) mass is 199 g/mol. The van der Waals surface area contributed by atoms with Crippen LogP contribution in [0.5, 0.6) is 0 Å². The van der Waals surface area contributed by atoms with E-state index in [0.29, 0.717) is 6.54 Å². The summed E-state index contributed by atoms with van der Waals surface area (Å²) in [5, 5.41) is 2.94. The number of nitrogens with two attached hydrogens (primary N) is 1. The number of rotatable bonds is 3. The first-order chi connectivity index (χ1) is 6.53. The molecule has 0 aliphatic carbocycles. The largest absolute Gasteiger partial charge is 0.353 e. The number of amides is 1. The quantitative estimate of drug-likeness (QED) is 0.669. The lowest BCUT2D eigenvalue weighted by Gasteiger charge is -2.46. The number of carbonyl (C=O) groups is 1. The van der Waals surface area contributed by atoms with E-state index >= 15 is 0 Å². The van der Waals surface area contributed by atoms with Crippen LogP contribution in [-0.4, -0.2) is 42.0 Å². The van der Waals surface area contributed by atoms with Gasteiger partial charge in [-0.25, -0.2) is 0 Å². The zero-order chi connectivity index (χ0) is 10.8. The average Bonchev–Trinajstić information content (AvgIpc) is 2.12. The van der Waals surface area contributed by atoms with Gasteiger partial charge in [-0.05, 0) is 33.4 Å². The van der Waals surface area contributed by atoms with Crippen molar-refractivity contribution in [1.29, 1.82) is 0 Å². The van der Waals surface area contributed by atoms with E-state index in [1.54, 1.807) is 0 Å². The minimum atomic E-state index is -0.0475. The van der Waals surface area contributed by atoms with E-state index in [0.717, 1.165) is 19.5 Å². The minimum absolute atomic E-state index is 0.0441. The van der Waals surface area contributed by atoms with Gasteiger partial charge in [0.15, 0.2) is 0 Å². The Kier molecular flexibility index (Phi) is 3.50. The van der Waals surface area contributed by atoms with Gasteiger partial charge in [-0.1, -0.05) is 6.92 Å². The fourth-order valence-electron chi connectivity index (χ4n) is 2.18. The molecule has 0 saturated carbocycles. The number of carbonyl (C=O) groups excluding carboxylic acids is 1. The van der Waals surface area contributed by atoms with Crippen LogP contribution < -0.4 is 11.1 Å². The lowest BCUT2D eigenvalue weighted by Crippen LogP contribution is -2.65. The maximum Gasteiger partial charge on any atom is 0.237 e. The molecular weight excluding hydrogens is 178 g/mol. The number of nitrogens with zero attached hydrogens (tertiary/aromatic N) is 1. The first kappa shape index (κ1) is 11.5.